The molecular weight excluding hydrogens is 418 g/mol. The Bertz CT molecular complexity index is 968. The van der Waals surface area contributed by atoms with Crippen molar-refractivity contribution < 1.29 is 19.1 Å². The predicted molar refractivity (Wildman–Crippen MR) is 127 cm³/mol. The summed E-state index contributed by atoms with van der Waals surface area (Å²) in [5.41, 5.74) is 7.13. The molecule has 2 aromatic rings. The Kier molecular flexibility index (Phi) is 8.87. The number of nitrogens with one attached hydrogen (secondary N) is 1. The number of para-hydroxylation sites is 1. The number of hydrogen-bond acceptors (Lipinski definition) is 4. The first-order valence-corrected chi connectivity index (χ1v) is 11.7. The van der Waals surface area contributed by atoms with Crippen LogP contribution in [0.25, 0.3) is 0 Å². The van der Waals surface area contributed by atoms with Gasteiger partial charge in [-0.25, -0.2) is 0 Å². The molecule has 1 fully saturated rings. The second-order valence-electron chi connectivity index (χ2n) is 8.41. The summed E-state index contributed by atoms with van der Waals surface area (Å²) in [6.07, 6.45) is 4.61. The number of ether oxygens (including phenoxy) is 1. The molecule has 1 heterocycles. The highest BCUT2D eigenvalue weighted by Crippen LogP contribution is 2.21. The van der Waals surface area contributed by atoms with Gasteiger partial charge in [0, 0.05) is 31.1 Å². The van der Waals surface area contributed by atoms with Crippen molar-refractivity contribution in [1.82, 2.24) is 10.2 Å². The molecule has 3 rings (SSSR count). The Balaban J connectivity index is 1.53. The number of primary amides is 1. The summed E-state index contributed by atoms with van der Waals surface area (Å²) < 4.78 is 5.78. The van der Waals surface area contributed by atoms with Crippen LogP contribution in [0.5, 0.6) is 5.75 Å². The van der Waals surface area contributed by atoms with Gasteiger partial charge in [0.15, 0.2) is 0 Å². The summed E-state index contributed by atoms with van der Waals surface area (Å²) in [6.45, 7) is 4.22. The first-order valence-electron chi connectivity index (χ1n) is 11.7. The molecule has 2 aromatic carbocycles. The van der Waals surface area contributed by atoms with E-state index in [0.29, 0.717) is 42.8 Å². The van der Waals surface area contributed by atoms with E-state index < -0.39 is 5.91 Å². The van der Waals surface area contributed by atoms with E-state index in [-0.39, 0.29) is 24.3 Å². The number of amides is 3. The minimum absolute atomic E-state index is 0.0271. The molecule has 0 aromatic heterocycles. The lowest BCUT2D eigenvalue weighted by molar-refractivity contribution is -0.126. The smallest absolute Gasteiger partial charge is 0.253 e. The normalized spacial score (nSPS) is 14.0. The van der Waals surface area contributed by atoms with E-state index in [4.69, 9.17) is 10.5 Å². The molecule has 1 aliphatic rings. The fourth-order valence-corrected chi connectivity index (χ4v) is 4.01. The van der Waals surface area contributed by atoms with Crippen molar-refractivity contribution >= 4 is 17.7 Å². The highest BCUT2D eigenvalue weighted by molar-refractivity contribution is 5.95. The second-order valence-corrected chi connectivity index (χ2v) is 8.41. The predicted octanol–water partition coefficient (Wildman–Crippen LogP) is 3.52. The molecule has 33 heavy (non-hydrogen) atoms. The fourth-order valence-electron chi connectivity index (χ4n) is 4.01. The van der Waals surface area contributed by atoms with Crippen molar-refractivity contribution in [2.75, 3.05) is 19.6 Å². The Hall–Kier alpha value is -3.35. The highest BCUT2D eigenvalue weighted by Gasteiger charge is 2.27. The van der Waals surface area contributed by atoms with Crippen molar-refractivity contribution in [3.8, 4) is 5.75 Å². The topological polar surface area (TPSA) is 102 Å². The zero-order valence-electron chi connectivity index (χ0n) is 19.2. The van der Waals surface area contributed by atoms with Gasteiger partial charge in [-0.05, 0) is 49.1 Å². The number of nitrogens with zero attached hydrogens (tertiary/aromatic N) is 1. The summed E-state index contributed by atoms with van der Waals surface area (Å²) in [5, 5.41) is 3.02. The van der Waals surface area contributed by atoms with Crippen LogP contribution in [0.15, 0.2) is 48.5 Å². The number of benzene rings is 2. The van der Waals surface area contributed by atoms with Crippen molar-refractivity contribution in [2.45, 2.75) is 45.6 Å². The minimum atomic E-state index is -0.549. The summed E-state index contributed by atoms with van der Waals surface area (Å²) in [6, 6.07) is 14.1. The lowest BCUT2D eigenvalue weighted by atomic mass is 9.95. The fraction of sp³-hybridized carbons (Fsp3) is 0.423. The molecule has 0 atom stereocenters. The van der Waals surface area contributed by atoms with Crippen LogP contribution in [-0.2, 0) is 11.4 Å². The maximum Gasteiger partial charge on any atom is 0.253 e. The van der Waals surface area contributed by atoms with Crippen LogP contribution in [-0.4, -0.2) is 42.3 Å². The average molecular weight is 452 g/mol. The van der Waals surface area contributed by atoms with Gasteiger partial charge in [0.25, 0.3) is 11.8 Å². The second kappa shape index (κ2) is 12.0. The number of piperidine rings is 1. The Labute approximate surface area is 195 Å². The van der Waals surface area contributed by atoms with Crippen LogP contribution < -0.4 is 15.8 Å². The molecule has 176 valence electrons. The van der Waals surface area contributed by atoms with Gasteiger partial charge < -0.3 is 20.7 Å². The van der Waals surface area contributed by atoms with E-state index in [2.05, 4.69) is 12.2 Å². The zero-order chi connectivity index (χ0) is 23.6. The van der Waals surface area contributed by atoms with Gasteiger partial charge in [-0.15, -0.1) is 0 Å². The van der Waals surface area contributed by atoms with Crippen LogP contribution >= 0.6 is 0 Å². The maximum atomic E-state index is 13.0. The third-order valence-electron chi connectivity index (χ3n) is 5.95. The summed E-state index contributed by atoms with van der Waals surface area (Å²) >= 11 is 0. The summed E-state index contributed by atoms with van der Waals surface area (Å²) in [4.78, 5) is 38.7. The molecule has 1 saturated heterocycles. The average Bonchev–Trinajstić information content (AvgIpc) is 2.85. The molecule has 3 amide bonds. The quantitative estimate of drug-likeness (QED) is 0.540. The first-order chi connectivity index (χ1) is 16.0. The molecule has 0 saturated carbocycles. The molecule has 0 bridgehead atoms. The zero-order valence-corrected chi connectivity index (χ0v) is 19.2. The van der Waals surface area contributed by atoms with Crippen LogP contribution in [0.3, 0.4) is 0 Å². The van der Waals surface area contributed by atoms with E-state index in [1.807, 2.05) is 23.1 Å². The highest BCUT2D eigenvalue weighted by atomic mass is 16.5. The number of nitrogens with two attached hydrogens (primary N) is 1. The molecule has 0 unspecified atom stereocenters. The van der Waals surface area contributed by atoms with Crippen LogP contribution in [0.4, 0.5) is 0 Å². The minimum Gasteiger partial charge on any atom is -0.488 e. The standard InChI is InChI=1S/C26H33N3O4/c1-2-3-6-14-28-25(31)20-12-15-29(16-13-20)26(32)21-9-7-8-19(17-21)18-33-23-11-5-4-10-22(23)24(27)30/h4-5,7-11,17,20H,2-3,6,12-16,18H2,1H3,(H2,27,30)(H,28,31). The number of hydrogen-bond donors (Lipinski definition) is 2. The van der Waals surface area contributed by atoms with Crippen molar-refractivity contribution in [1.29, 1.82) is 0 Å². The molecular formula is C26H33N3O4. The van der Waals surface area contributed by atoms with E-state index in [1.54, 1.807) is 30.3 Å². The van der Waals surface area contributed by atoms with Gasteiger partial charge in [-0.3, -0.25) is 14.4 Å². The molecule has 7 heteroatoms. The third-order valence-corrected chi connectivity index (χ3v) is 5.95. The molecule has 1 aliphatic heterocycles. The first kappa shape index (κ1) is 24.3. The molecule has 0 aliphatic carbocycles. The molecule has 0 radical (unpaired) electrons. The Morgan fingerprint density at radius 1 is 1.06 bits per heavy atom. The van der Waals surface area contributed by atoms with Gasteiger partial charge in [0.05, 0.1) is 5.56 Å². The van der Waals surface area contributed by atoms with Gasteiger partial charge in [0.2, 0.25) is 5.91 Å². The van der Waals surface area contributed by atoms with Crippen LogP contribution in [0, 0.1) is 5.92 Å². The number of carbonyl (C=O) groups excluding carboxylic acids is 3. The summed E-state index contributed by atoms with van der Waals surface area (Å²) in [5.74, 6) is -0.102. The van der Waals surface area contributed by atoms with Crippen molar-refractivity contribution in [2.24, 2.45) is 11.7 Å². The van der Waals surface area contributed by atoms with Crippen molar-refractivity contribution in [3.05, 3.63) is 65.2 Å². The molecule has 7 nitrogen and oxygen atoms in total. The van der Waals surface area contributed by atoms with Gasteiger partial charge >= 0.3 is 0 Å². The maximum absolute atomic E-state index is 13.0. The summed E-state index contributed by atoms with van der Waals surface area (Å²) in [7, 11) is 0. The van der Waals surface area contributed by atoms with Crippen LogP contribution in [0.1, 0.15) is 65.3 Å². The van der Waals surface area contributed by atoms with E-state index in [0.717, 1.165) is 31.4 Å². The molecule has 0 spiro atoms. The van der Waals surface area contributed by atoms with Crippen molar-refractivity contribution in [3.63, 3.8) is 0 Å². The van der Waals surface area contributed by atoms with Gasteiger partial charge in [0.1, 0.15) is 12.4 Å². The number of rotatable bonds is 10. The van der Waals surface area contributed by atoms with E-state index in [1.165, 1.54) is 0 Å². The SMILES string of the molecule is CCCCCNC(=O)C1CCN(C(=O)c2cccc(COc3ccccc3C(N)=O)c2)CC1. The number of carbonyl (C=O) groups is 3. The van der Waals surface area contributed by atoms with Gasteiger partial charge in [-0.1, -0.05) is 44.0 Å². The Morgan fingerprint density at radius 2 is 1.82 bits per heavy atom. The monoisotopic (exact) mass is 451 g/mol. The number of unbranched alkanes of at least 4 members (excludes halogenated alkanes) is 2. The largest absolute Gasteiger partial charge is 0.488 e. The molecule has 3 N–H and O–H groups in total. The van der Waals surface area contributed by atoms with Crippen LogP contribution in [0.2, 0.25) is 0 Å². The van der Waals surface area contributed by atoms with E-state index >= 15 is 0 Å². The number of likely N-dealkylation sites (tertiary alicyclic amines) is 1. The third kappa shape index (κ3) is 6.81. The van der Waals surface area contributed by atoms with E-state index in [9.17, 15) is 14.4 Å². The lowest BCUT2D eigenvalue weighted by Crippen LogP contribution is -2.43. The Morgan fingerprint density at radius 3 is 2.55 bits per heavy atom. The lowest BCUT2D eigenvalue weighted by Gasteiger charge is -2.31. The van der Waals surface area contributed by atoms with Gasteiger partial charge in [-0.2, -0.15) is 0 Å².